The first-order valence-electron chi connectivity index (χ1n) is 8.48. The fraction of sp³-hybridized carbons (Fsp3) is 0.353. The second-order valence-corrected chi connectivity index (χ2v) is 8.37. The van der Waals surface area contributed by atoms with Crippen LogP contribution in [-0.2, 0) is 17.1 Å². The van der Waals surface area contributed by atoms with Crippen LogP contribution in [0.15, 0.2) is 29.3 Å². The minimum Gasteiger partial charge on any atom is -0.475 e. The van der Waals surface area contributed by atoms with Gasteiger partial charge in [-0.05, 0) is 24.6 Å². The van der Waals surface area contributed by atoms with E-state index in [0.717, 1.165) is 16.8 Å². The number of rotatable bonds is 3. The fourth-order valence-corrected chi connectivity index (χ4v) is 4.38. The molecule has 0 saturated heterocycles. The van der Waals surface area contributed by atoms with Crippen LogP contribution in [0, 0.1) is 12.7 Å². The average molecular weight is 451 g/mol. The summed E-state index contributed by atoms with van der Waals surface area (Å²) < 4.78 is 86.7. The van der Waals surface area contributed by atoms with Crippen molar-refractivity contribution in [1.82, 2.24) is 9.29 Å². The largest absolute Gasteiger partial charge is 0.475 e. The third-order valence-corrected chi connectivity index (χ3v) is 5.96. The van der Waals surface area contributed by atoms with Gasteiger partial charge in [-0.2, -0.15) is 13.2 Å². The SMILES string of the molecule is Cc1ccc(NC(=O)c2c3c(cn2C)S(=O)(=O)N[C@@H](CO)[C@H](C(F)(F)F)O3)cc1F. The van der Waals surface area contributed by atoms with Crippen molar-refractivity contribution in [2.45, 2.75) is 30.1 Å². The molecule has 0 radical (unpaired) electrons. The van der Waals surface area contributed by atoms with Gasteiger partial charge in [0.15, 0.2) is 11.4 Å². The number of hydrogen-bond acceptors (Lipinski definition) is 5. The van der Waals surface area contributed by atoms with Crippen molar-refractivity contribution in [3.8, 4) is 5.75 Å². The summed E-state index contributed by atoms with van der Waals surface area (Å²) in [6.07, 6.45) is -6.89. The molecule has 13 heteroatoms. The summed E-state index contributed by atoms with van der Waals surface area (Å²) in [7, 11) is -3.31. The van der Waals surface area contributed by atoms with E-state index in [4.69, 9.17) is 4.74 Å². The Hall–Kier alpha value is -2.64. The zero-order valence-corrected chi connectivity index (χ0v) is 16.4. The summed E-state index contributed by atoms with van der Waals surface area (Å²) in [4.78, 5) is 12.0. The summed E-state index contributed by atoms with van der Waals surface area (Å²) >= 11 is 0. The number of aryl methyl sites for hydroxylation is 2. The highest BCUT2D eigenvalue weighted by Crippen LogP contribution is 2.38. The maximum absolute atomic E-state index is 13.7. The quantitative estimate of drug-likeness (QED) is 0.616. The summed E-state index contributed by atoms with van der Waals surface area (Å²) in [6, 6.07) is 1.74. The molecule has 30 heavy (non-hydrogen) atoms. The lowest BCUT2D eigenvalue weighted by Gasteiger charge is -2.26. The maximum atomic E-state index is 13.7. The van der Waals surface area contributed by atoms with Gasteiger partial charge in [0.25, 0.3) is 5.91 Å². The van der Waals surface area contributed by atoms with Gasteiger partial charge in [0, 0.05) is 18.9 Å². The van der Waals surface area contributed by atoms with Gasteiger partial charge in [-0.15, -0.1) is 0 Å². The van der Waals surface area contributed by atoms with Crippen LogP contribution in [0.3, 0.4) is 0 Å². The highest BCUT2D eigenvalue weighted by molar-refractivity contribution is 7.89. The number of ether oxygens (including phenoxy) is 1. The lowest BCUT2D eigenvalue weighted by atomic mass is 10.1. The van der Waals surface area contributed by atoms with Crippen molar-refractivity contribution < 1.29 is 40.6 Å². The maximum Gasteiger partial charge on any atom is 0.427 e. The number of anilines is 1. The minimum absolute atomic E-state index is 0.00765. The summed E-state index contributed by atoms with van der Waals surface area (Å²) in [6.45, 7) is 0.308. The van der Waals surface area contributed by atoms with Crippen LogP contribution in [0.1, 0.15) is 16.1 Å². The van der Waals surface area contributed by atoms with E-state index < -0.39 is 63.0 Å². The van der Waals surface area contributed by atoms with Gasteiger partial charge in [-0.25, -0.2) is 17.5 Å². The van der Waals surface area contributed by atoms with E-state index in [9.17, 15) is 35.9 Å². The van der Waals surface area contributed by atoms with Crippen molar-refractivity contribution in [2.24, 2.45) is 7.05 Å². The number of nitrogens with zero attached hydrogens (tertiary/aromatic N) is 1. The molecule has 164 valence electrons. The minimum atomic E-state index is -5.05. The Bertz CT molecular complexity index is 1100. The van der Waals surface area contributed by atoms with Crippen molar-refractivity contribution in [2.75, 3.05) is 11.9 Å². The molecule has 3 rings (SSSR count). The highest BCUT2D eigenvalue weighted by atomic mass is 32.2. The molecule has 2 aromatic rings. The van der Waals surface area contributed by atoms with Crippen LogP contribution < -0.4 is 14.8 Å². The van der Waals surface area contributed by atoms with Crippen LogP contribution in [0.5, 0.6) is 5.75 Å². The van der Waals surface area contributed by atoms with Gasteiger partial charge in [0.05, 0.1) is 12.6 Å². The summed E-state index contributed by atoms with van der Waals surface area (Å²) in [5.74, 6) is -2.46. The molecule has 0 spiro atoms. The number of carbonyl (C=O) groups excluding carboxylic acids is 1. The molecule has 0 saturated carbocycles. The van der Waals surface area contributed by atoms with Crippen LogP contribution >= 0.6 is 0 Å². The second-order valence-electron chi connectivity index (χ2n) is 6.69. The number of aromatic nitrogens is 1. The molecule has 0 unspecified atom stereocenters. The van der Waals surface area contributed by atoms with Crippen LogP contribution in [0.4, 0.5) is 23.2 Å². The number of nitrogens with one attached hydrogen (secondary N) is 2. The first-order valence-corrected chi connectivity index (χ1v) is 9.97. The Morgan fingerprint density at radius 1 is 1.37 bits per heavy atom. The van der Waals surface area contributed by atoms with Gasteiger partial charge >= 0.3 is 6.18 Å². The average Bonchev–Trinajstić information content (AvgIpc) is 2.91. The van der Waals surface area contributed by atoms with Crippen molar-refractivity contribution in [3.05, 3.63) is 41.5 Å². The number of fused-ring (bicyclic) bond motifs is 1. The molecule has 1 amide bonds. The van der Waals surface area contributed by atoms with Gasteiger partial charge < -0.3 is 19.7 Å². The molecular weight excluding hydrogens is 434 g/mol. The van der Waals surface area contributed by atoms with Crippen molar-refractivity contribution >= 4 is 21.6 Å². The third kappa shape index (κ3) is 4.00. The molecule has 1 aromatic carbocycles. The molecule has 2 atom stereocenters. The van der Waals surface area contributed by atoms with Gasteiger partial charge in [-0.1, -0.05) is 6.07 Å². The van der Waals surface area contributed by atoms with E-state index in [0.29, 0.717) is 5.56 Å². The molecule has 0 bridgehead atoms. The Labute approximate surface area is 168 Å². The number of halogens is 4. The topological polar surface area (TPSA) is 110 Å². The van der Waals surface area contributed by atoms with E-state index in [2.05, 4.69) is 5.32 Å². The monoisotopic (exact) mass is 451 g/mol. The van der Waals surface area contributed by atoms with Crippen molar-refractivity contribution in [3.63, 3.8) is 0 Å². The molecule has 1 aromatic heterocycles. The smallest absolute Gasteiger partial charge is 0.427 e. The van der Waals surface area contributed by atoms with Gasteiger partial charge in [-0.3, -0.25) is 4.79 Å². The Morgan fingerprint density at radius 3 is 2.60 bits per heavy atom. The molecule has 0 aliphatic carbocycles. The third-order valence-electron chi connectivity index (χ3n) is 4.47. The number of benzene rings is 1. The Balaban J connectivity index is 2.08. The number of aliphatic hydroxyl groups is 1. The second kappa shape index (κ2) is 7.56. The van der Waals surface area contributed by atoms with E-state index >= 15 is 0 Å². The number of amides is 1. The zero-order valence-electron chi connectivity index (χ0n) is 15.6. The van der Waals surface area contributed by atoms with E-state index in [-0.39, 0.29) is 5.69 Å². The number of hydrogen-bond donors (Lipinski definition) is 3. The molecule has 1 aliphatic rings. The zero-order chi connectivity index (χ0) is 22.4. The lowest BCUT2D eigenvalue weighted by Crippen LogP contribution is -2.53. The van der Waals surface area contributed by atoms with Gasteiger partial charge in [0.2, 0.25) is 16.1 Å². The van der Waals surface area contributed by atoms with Crippen LogP contribution in [0.25, 0.3) is 0 Å². The number of aliphatic hydroxyl groups excluding tert-OH is 1. The van der Waals surface area contributed by atoms with Crippen LogP contribution in [-0.4, -0.2) is 48.9 Å². The van der Waals surface area contributed by atoms with Crippen molar-refractivity contribution in [1.29, 1.82) is 0 Å². The van der Waals surface area contributed by atoms with Gasteiger partial charge in [0.1, 0.15) is 10.7 Å². The molecule has 1 aliphatic heterocycles. The summed E-state index contributed by atoms with van der Waals surface area (Å²) in [5.41, 5.74) is -0.207. The molecule has 3 N–H and O–H groups in total. The lowest BCUT2D eigenvalue weighted by molar-refractivity contribution is -0.204. The molecule has 0 fully saturated rings. The highest BCUT2D eigenvalue weighted by Gasteiger charge is 2.51. The molecule has 2 heterocycles. The number of sulfonamides is 1. The first-order chi connectivity index (χ1) is 13.8. The first kappa shape index (κ1) is 22.1. The molecular formula is C17H17F4N3O5S. The summed E-state index contributed by atoms with van der Waals surface area (Å²) in [5, 5.41) is 11.6. The Morgan fingerprint density at radius 2 is 2.03 bits per heavy atom. The predicted octanol–water partition coefficient (Wildman–Crippen LogP) is 1.69. The van der Waals surface area contributed by atoms with E-state index in [1.54, 1.807) is 4.72 Å². The number of carbonyl (C=O) groups is 1. The van der Waals surface area contributed by atoms with E-state index in [1.807, 2.05) is 0 Å². The van der Waals surface area contributed by atoms with E-state index in [1.165, 1.54) is 26.1 Å². The number of alkyl halides is 3. The molecule has 8 nitrogen and oxygen atoms in total. The Kier molecular flexibility index (Phi) is 5.56. The standard InChI is InChI=1S/C17H17F4N3O5S/c1-8-3-4-9(5-10(8)18)22-16(26)13-14-12(6-24(13)2)30(27,28)23-11(7-25)15(29-14)17(19,20)21/h3-6,11,15,23,25H,7H2,1-2H3,(H,22,26)/t11-,15+/m0/s1. The normalized spacial score (nSPS) is 20.8. The predicted molar refractivity (Wildman–Crippen MR) is 96.2 cm³/mol. The fourth-order valence-electron chi connectivity index (χ4n) is 2.97. The van der Waals surface area contributed by atoms with Crippen LogP contribution in [0.2, 0.25) is 0 Å².